The van der Waals surface area contributed by atoms with Gasteiger partial charge in [-0.2, -0.15) is 0 Å². The van der Waals surface area contributed by atoms with Gasteiger partial charge in [0.05, 0.1) is 6.61 Å². The molecule has 0 aromatic heterocycles. The molecule has 0 amide bonds. The normalized spacial score (nSPS) is 16.4. The summed E-state index contributed by atoms with van der Waals surface area (Å²) in [6, 6.07) is 2.27. The number of hydrogen-bond donors (Lipinski definition) is 2. The summed E-state index contributed by atoms with van der Waals surface area (Å²) < 4.78 is 41.3. The van der Waals surface area contributed by atoms with Crippen molar-refractivity contribution in [3.05, 3.63) is 28.5 Å². The van der Waals surface area contributed by atoms with Crippen LogP contribution in [0.25, 0.3) is 0 Å². The van der Waals surface area contributed by atoms with Crippen LogP contribution in [0, 0.1) is 11.7 Å². The largest absolute Gasteiger partial charge is 0.392 e. The Kier molecular flexibility index (Phi) is 4.12. The molecule has 1 aliphatic carbocycles. The predicted molar refractivity (Wildman–Crippen MR) is 74.5 cm³/mol. The molecule has 0 heterocycles. The van der Waals surface area contributed by atoms with E-state index in [1.165, 1.54) is 6.07 Å². The summed E-state index contributed by atoms with van der Waals surface area (Å²) in [4.78, 5) is -0.525. The maximum Gasteiger partial charge on any atom is 0.244 e. The van der Waals surface area contributed by atoms with Gasteiger partial charge < -0.3 is 5.11 Å². The molecule has 1 aliphatic rings. The number of benzene rings is 1. The molecule has 1 saturated carbocycles. The second kappa shape index (κ2) is 5.26. The van der Waals surface area contributed by atoms with Crippen LogP contribution in [0.15, 0.2) is 17.0 Å². The lowest BCUT2D eigenvalue weighted by Gasteiger charge is -2.26. The van der Waals surface area contributed by atoms with E-state index in [0.29, 0.717) is 0 Å². The van der Waals surface area contributed by atoms with E-state index in [9.17, 15) is 12.8 Å². The van der Waals surface area contributed by atoms with E-state index in [4.69, 9.17) is 16.7 Å². The van der Waals surface area contributed by atoms with E-state index in [1.54, 1.807) is 13.8 Å². The average Bonchev–Trinajstić information content (AvgIpc) is 3.14. The minimum atomic E-state index is -4.03. The summed E-state index contributed by atoms with van der Waals surface area (Å²) in [7, 11) is -4.03. The van der Waals surface area contributed by atoms with Crippen LogP contribution in [0.5, 0.6) is 0 Å². The molecule has 0 radical (unpaired) electrons. The van der Waals surface area contributed by atoms with Gasteiger partial charge in [0.1, 0.15) is 10.7 Å². The smallest absolute Gasteiger partial charge is 0.244 e. The molecule has 0 aliphatic heterocycles. The first-order valence-electron chi connectivity index (χ1n) is 6.30. The van der Waals surface area contributed by atoms with Crippen LogP contribution < -0.4 is 4.72 Å². The summed E-state index contributed by atoms with van der Waals surface area (Å²) >= 11 is 5.78. The van der Waals surface area contributed by atoms with Crippen LogP contribution in [-0.2, 0) is 16.6 Å². The molecule has 0 saturated heterocycles. The molecular weight excluding hydrogens is 305 g/mol. The standard InChI is InChI=1S/C13H17ClFNO3S/c1-13(2,9-3-4-9)16-20(18,19)11-6-10(14)5-8(7-17)12(11)15/h5-6,9,16-17H,3-4,7H2,1-2H3. The van der Waals surface area contributed by atoms with E-state index in [2.05, 4.69) is 4.72 Å². The minimum Gasteiger partial charge on any atom is -0.392 e. The Morgan fingerprint density at radius 2 is 2.05 bits per heavy atom. The molecule has 0 bridgehead atoms. The van der Waals surface area contributed by atoms with Gasteiger partial charge in [0, 0.05) is 16.1 Å². The summed E-state index contributed by atoms with van der Waals surface area (Å²) in [6.45, 7) is 2.94. The number of halogens is 2. The summed E-state index contributed by atoms with van der Waals surface area (Å²) in [5, 5.41) is 9.12. The number of aliphatic hydroxyl groups is 1. The highest BCUT2D eigenvalue weighted by molar-refractivity contribution is 7.89. The summed E-state index contributed by atoms with van der Waals surface area (Å²) in [5.41, 5.74) is -0.769. The van der Waals surface area contributed by atoms with Crippen LogP contribution in [0.2, 0.25) is 5.02 Å². The Balaban J connectivity index is 2.41. The molecule has 112 valence electrons. The number of rotatable bonds is 5. The fourth-order valence-electron chi connectivity index (χ4n) is 2.22. The maximum atomic E-state index is 14.1. The summed E-state index contributed by atoms with van der Waals surface area (Å²) in [6.07, 6.45) is 1.91. The van der Waals surface area contributed by atoms with Crippen molar-refractivity contribution in [2.75, 3.05) is 0 Å². The van der Waals surface area contributed by atoms with Gasteiger partial charge in [-0.25, -0.2) is 17.5 Å². The van der Waals surface area contributed by atoms with E-state index in [0.717, 1.165) is 18.9 Å². The monoisotopic (exact) mass is 321 g/mol. The lowest BCUT2D eigenvalue weighted by molar-refractivity contribution is 0.274. The SMILES string of the molecule is CC(C)(NS(=O)(=O)c1cc(Cl)cc(CO)c1F)C1CC1. The van der Waals surface area contributed by atoms with Crippen molar-refractivity contribution in [2.45, 2.75) is 43.7 Å². The van der Waals surface area contributed by atoms with Gasteiger partial charge in [-0.1, -0.05) is 11.6 Å². The first-order chi connectivity index (χ1) is 9.17. The van der Waals surface area contributed by atoms with Crippen molar-refractivity contribution >= 4 is 21.6 Å². The van der Waals surface area contributed by atoms with Crippen molar-refractivity contribution in [1.29, 1.82) is 0 Å². The van der Waals surface area contributed by atoms with Crippen LogP contribution in [0.3, 0.4) is 0 Å². The Bertz CT molecular complexity index is 627. The topological polar surface area (TPSA) is 66.4 Å². The third-order valence-corrected chi connectivity index (χ3v) is 5.42. The fourth-order valence-corrected chi connectivity index (χ4v) is 4.14. The maximum absolute atomic E-state index is 14.1. The van der Waals surface area contributed by atoms with Gasteiger partial charge in [0.2, 0.25) is 10.0 Å². The summed E-state index contributed by atoms with van der Waals surface area (Å²) in [5.74, 6) is -0.701. The Morgan fingerprint density at radius 1 is 1.45 bits per heavy atom. The van der Waals surface area contributed by atoms with Crippen molar-refractivity contribution in [1.82, 2.24) is 4.72 Å². The predicted octanol–water partition coefficient (Wildman–Crippen LogP) is 2.44. The van der Waals surface area contributed by atoms with Crippen LogP contribution in [0.4, 0.5) is 4.39 Å². The van der Waals surface area contributed by atoms with Crippen molar-refractivity contribution in [3.63, 3.8) is 0 Å². The van der Waals surface area contributed by atoms with E-state index >= 15 is 0 Å². The zero-order valence-electron chi connectivity index (χ0n) is 11.3. The number of nitrogens with one attached hydrogen (secondary N) is 1. The van der Waals surface area contributed by atoms with E-state index < -0.39 is 32.9 Å². The third kappa shape index (κ3) is 3.14. The van der Waals surface area contributed by atoms with Gasteiger partial charge in [0.25, 0.3) is 0 Å². The second-order valence-corrected chi connectivity index (χ2v) is 7.72. The third-order valence-electron chi connectivity index (χ3n) is 3.53. The Labute approximate surface area is 123 Å². The molecule has 4 nitrogen and oxygen atoms in total. The molecule has 7 heteroatoms. The highest BCUT2D eigenvalue weighted by Crippen LogP contribution is 2.40. The molecular formula is C13H17ClFNO3S. The first kappa shape index (κ1) is 15.7. The zero-order chi connectivity index (χ0) is 15.1. The van der Waals surface area contributed by atoms with Gasteiger partial charge in [-0.05, 0) is 44.7 Å². The van der Waals surface area contributed by atoms with Crippen molar-refractivity contribution in [3.8, 4) is 0 Å². The molecule has 1 fully saturated rings. The molecule has 0 unspecified atom stereocenters. The molecule has 0 spiro atoms. The lowest BCUT2D eigenvalue weighted by Crippen LogP contribution is -2.45. The molecule has 1 aromatic carbocycles. The molecule has 1 aromatic rings. The van der Waals surface area contributed by atoms with Crippen LogP contribution in [-0.4, -0.2) is 19.1 Å². The van der Waals surface area contributed by atoms with Crippen molar-refractivity contribution < 1.29 is 17.9 Å². The highest BCUT2D eigenvalue weighted by Gasteiger charge is 2.41. The average molecular weight is 322 g/mol. The van der Waals surface area contributed by atoms with Gasteiger partial charge in [0.15, 0.2) is 0 Å². The number of sulfonamides is 1. The quantitative estimate of drug-likeness (QED) is 0.875. The zero-order valence-corrected chi connectivity index (χ0v) is 12.9. The van der Waals surface area contributed by atoms with Crippen LogP contribution >= 0.6 is 11.6 Å². The minimum absolute atomic E-state index is 0.0695. The fraction of sp³-hybridized carbons (Fsp3) is 0.538. The Morgan fingerprint density at radius 3 is 2.55 bits per heavy atom. The molecule has 20 heavy (non-hydrogen) atoms. The van der Waals surface area contributed by atoms with E-state index in [-0.39, 0.29) is 16.5 Å². The van der Waals surface area contributed by atoms with Crippen LogP contribution in [0.1, 0.15) is 32.3 Å². The van der Waals surface area contributed by atoms with Gasteiger partial charge >= 0.3 is 0 Å². The molecule has 2 rings (SSSR count). The number of aliphatic hydroxyl groups excluding tert-OH is 1. The van der Waals surface area contributed by atoms with Gasteiger partial charge in [-0.3, -0.25) is 0 Å². The van der Waals surface area contributed by atoms with E-state index in [1.807, 2.05) is 0 Å². The first-order valence-corrected chi connectivity index (χ1v) is 8.16. The lowest BCUT2D eigenvalue weighted by atomic mass is 10.0. The Hall–Kier alpha value is -0.690. The molecule has 2 N–H and O–H groups in total. The highest BCUT2D eigenvalue weighted by atomic mass is 35.5. The second-order valence-electron chi connectivity index (χ2n) is 5.64. The molecule has 0 atom stereocenters. The van der Waals surface area contributed by atoms with Crippen molar-refractivity contribution in [2.24, 2.45) is 5.92 Å². The van der Waals surface area contributed by atoms with Gasteiger partial charge in [-0.15, -0.1) is 0 Å². The number of hydrogen-bond acceptors (Lipinski definition) is 3.